The fourth-order valence-electron chi connectivity index (χ4n) is 4.15. The summed E-state index contributed by atoms with van der Waals surface area (Å²) in [6.07, 6.45) is 0. The standard InChI is InChI=1S/C26H29FN2O6S/c1-16-23(17(2)28(4)24(16)26(31)35-6)25(30)18(3)29(15-19-7-9-20(27)10-8-19)36(32,33)22-13-11-21(34-5)12-14-22/h7-14,18H,15H2,1-6H3. The van der Waals surface area contributed by atoms with Gasteiger partial charge < -0.3 is 14.0 Å². The second-order valence-electron chi connectivity index (χ2n) is 8.38. The SMILES string of the molecule is COC(=O)c1c(C)c(C(=O)C(C)N(Cc2ccc(F)cc2)S(=O)(=O)c2ccc(OC)cc2)c(C)n1C. The van der Waals surface area contributed by atoms with Gasteiger partial charge in [0.15, 0.2) is 5.78 Å². The Bertz CT molecular complexity index is 1380. The summed E-state index contributed by atoms with van der Waals surface area (Å²) in [6.45, 7) is 4.64. The third-order valence-electron chi connectivity index (χ3n) is 6.28. The van der Waals surface area contributed by atoms with Crippen molar-refractivity contribution in [1.29, 1.82) is 0 Å². The molecule has 0 saturated heterocycles. The summed E-state index contributed by atoms with van der Waals surface area (Å²) in [5.41, 5.74) is 1.88. The van der Waals surface area contributed by atoms with Crippen molar-refractivity contribution >= 4 is 21.8 Å². The molecule has 0 spiro atoms. The van der Waals surface area contributed by atoms with Gasteiger partial charge in [-0.05, 0) is 68.3 Å². The number of methoxy groups -OCH3 is 2. The Balaban J connectivity index is 2.11. The van der Waals surface area contributed by atoms with Crippen molar-refractivity contribution in [3.8, 4) is 5.75 Å². The molecule has 0 radical (unpaired) electrons. The number of halogens is 1. The molecule has 0 bridgehead atoms. The van der Waals surface area contributed by atoms with E-state index in [2.05, 4.69) is 0 Å². The highest BCUT2D eigenvalue weighted by Gasteiger charge is 2.36. The summed E-state index contributed by atoms with van der Waals surface area (Å²) >= 11 is 0. The zero-order valence-electron chi connectivity index (χ0n) is 21.0. The highest BCUT2D eigenvalue weighted by Crippen LogP contribution is 2.28. The number of ether oxygens (including phenoxy) is 2. The molecular formula is C26H29FN2O6S. The summed E-state index contributed by atoms with van der Waals surface area (Å²) in [7, 11) is 0.188. The van der Waals surface area contributed by atoms with Crippen LogP contribution >= 0.6 is 0 Å². The van der Waals surface area contributed by atoms with Gasteiger partial charge in [0.1, 0.15) is 17.3 Å². The first-order valence-electron chi connectivity index (χ1n) is 11.1. The summed E-state index contributed by atoms with van der Waals surface area (Å²) < 4.78 is 53.6. The van der Waals surface area contributed by atoms with E-state index >= 15 is 0 Å². The first-order chi connectivity index (χ1) is 16.9. The quantitative estimate of drug-likeness (QED) is 0.315. The Morgan fingerprint density at radius 1 is 1.03 bits per heavy atom. The molecule has 0 fully saturated rings. The van der Waals surface area contributed by atoms with Crippen LogP contribution in [0.3, 0.4) is 0 Å². The minimum Gasteiger partial charge on any atom is -0.497 e. The topological polar surface area (TPSA) is 94.9 Å². The van der Waals surface area contributed by atoms with Gasteiger partial charge in [-0.15, -0.1) is 0 Å². The Morgan fingerprint density at radius 2 is 1.61 bits per heavy atom. The molecule has 0 aliphatic heterocycles. The van der Waals surface area contributed by atoms with Crippen molar-refractivity contribution in [3.05, 3.63) is 82.4 Å². The number of Topliss-reactive ketones (excluding diaryl/α,β-unsaturated/α-hetero) is 1. The number of aromatic nitrogens is 1. The monoisotopic (exact) mass is 516 g/mol. The van der Waals surface area contributed by atoms with E-state index in [1.165, 1.54) is 69.7 Å². The number of benzene rings is 2. The van der Waals surface area contributed by atoms with E-state index in [0.717, 1.165) is 4.31 Å². The van der Waals surface area contributed by atoms with Crippen molar-refractivity contribution in [1.82, 2.24) is 8.87 Å². The number of ketones is 1. The Labute approximate surface area is 210 Å². The van der Waals surface area contributed by atoms with Crippen LogP contribution in [-0.2, 0) is 28.4 Å². The summed E-state index contributed by atoms with van der Waals surface area (Å²) in [4.78, 5) is 26.1. The lowest BCUT2D eigenvalue weighted by molar-refractivity contribution is 0.0588. The molecule has 36 heavy (non-hydrogen) atoms. The lowest BCUT2D eigenvalue weighted by atomic mass is 10.0. The van der Waals surface area contributed by atoms with Crippen molar-refractivity contribution in [2.45, 2.75) is 38.3 Å². The minimum absolute atomic E-state index is 0.0261. The maximum absolute atomic E-state index is 13.8. The number of hydrogen-bond donors (Lipinski definition) is 0. The predicted octanol–water partition coefficient (Wildman–Crippen LogP) is 4.04. The van der Waals surface area contributed by atoms with Crippen LogP contribution in [0, 0.1) is 19.7 Å². The Hall–Kier alpha value is -3.50. The van der Waals surface area contributed by atoms with Gasteiger partial charge in [0, 0.05) is 24.8 Å². The largest absolute Gasteiger partial charge is 0.497 e. The molecule has 8 nitrogen and oxygen atoms in total. The highest BCUT2D eigenvalue weighted by atomic mass is 32.2. The van der Waals surface area contributed by atoms with Crippen molar-refractivity contribution in [2.24, 2.45) is 7.05 Å². The number of sulfonamides is 1. The fraction of sp³-hybridized carbons (Fsp3) is 0.308. The number of rotatable bonds is 9. The average molecular weight is 517 g/mol. The molecule has 0 aliphatic carbocycles. The van der Waals surface area contributed by atoms with Crippen molar-refractivity contribution < 1.29 is 31.9 Å². The van der Waals surface area contributed by atoms with Crippen molar-refractivity contribution in [2.75, 3.05) is 14.2 Å². The molecule has 3 aromatic rings. The molecule has 2 aromatic carbocycles. The molecule has 1 heterocycles. The smallest absolute Gasteiger partial charge is 0.354 e. The molecule has 10 heteroatoms. The zero-order valence-corrected chi connectivity index (χ0v) is 21.8. The molecule has 0 amide bonds. The summed E-state index contributed by atoms with van der Waals surface area (Å²) in [5, 5.41) is 0. The van der Waals surface area contributed by atoms with Crippen LogP contribution in [0.15, 0.2) is 53.4 Å². The Kier molecular flexibility index (Phi) is 8.00. The number of nitrogens with zero attached hydrogens (tertiary/aromatic N) is 2. The number of hydrogen-bond acceptors (Lipinski definition) is 6. The fourth-order valence-corrected chi connectivity index (χ4v) is 5.73. The van der Waals surface area contributed by atoms with Gasteiger partial charge in [0.25, 0.3) is 0 Å². The van der Waals surface area contributed by atoms with E-state index in [0.29, 0.717) is 22.6 Å². The third kappa shape index (κ3) is 5.05. The first kappa shape index (κ1) is 27.1. The molecule has 0 aliphatic rings. The number of esters is 1. The zero-order chi connectivity index (χ0) is 26.8. The van der Waals surface area contributed by atoms with Crippen LogP contribution in [0.2, 0.25) is 0 Å². The van der Waals surface area contributed by atoms with Gasteiger partial charge in [-0.25, -0.2) is 17.6 Å². The molecular weight excluding hydrogens is 487 g/mol. The lowest BCUT2D eigenvalue weighted by Crippen LogP contribution is -2.43. The van der Waals surface area contributed by atoms with Crippen LogP contribution in [0.1, 0.15) is 44.6 Å². The lowest BCUT2D eigenvalue weighted by Gasteiger charge is -2.28. The summed E-state index contributed by atoms with van der Waals surface area (Å²) in [5.74, 6) is -1.05. The van der Waals surface area contributed by atoms with Crippen LogP contribution in [0.4, 0.5) is 4.39 Å². The van der Waals surface area contributed by atoms with Gasteiger partial charge in [-0.2, -0.15) is 4.31 Å². The second-order valence-corrected chi connectivity index (χ2v) is 10.3. The second kappa shape index (κ2) is 10.6. The molecule has 1 atom stereocenters. The maximum Gasteiger partial charge on any atom is 0.354 e. The van der Waals surface area contributed by atoms with Crippen LogP contribution < -0.4 is 4.74 Å². The van der Waals surface area contributed by atoms with Crippen LogP contribution in [-0.4, -0.2) is 49.3 Å². The van der Waals surface area contributed by atoms with Crippen LogP contribution in [0.5, 0.6) is 5.75 Å². The highest BCUT2D eigenvalue weighted by molar-refractivity contribution is 7.89. The summed E-state index contributed by atoms with van der Waals surface area (Å²) in [6, 6.07) is 10.1. The van der Waals surface area contributed by atoms with E-state index in [4.69, 9.17) is 9.47 Å². The minimum atomic E-state index is -4.17. The van der Waals surface area contributed by atoms with E-state index in [1.807, 2.05) is 0 Å². The van der Waals surface area contributed by atoms with Gasteiger partial charge >= 0.3 is 5.97 Å². The predicted molar refractivity (Wildman–Crippen MR) is 132 cm³/mol. The van der Waals surface area contributed by atoms with E-state index < -0.39 is 33.6 Å². The molecule has 0 N–H and O–H groups in total. The number of carbonyl (C=O) groups is 2. The molecule has 3 rings (SSSR count). The molecule has 0 saturated carbocycles. The van der Waals surface area contributed by atoms with E-state index in [9.17, 15) is 22.4 Å². The van der Waals surface area contributed by atoms with Gasteiger partial charge in [0.05, 0.1) is 25.2 Å². The molecule has 1 aromatic heterocycles. The van der Waals surface area contributed by atoms with E-state index in [-0.39, 0.29) is 22.7 Å². The Morgan fingerprint density at radius 3 is 2.14 bits per heavy atom. The molecule has 192 valence electrons. The first-order valence-corrected chi connectivity index (χ1v) is 12.6. The average Bonchev–Trinajstić information content (AvgIpc) is 3.09. The van der Waals surface area contributed by atoms with Gasteiger partial charge in [0.2, 0.25) is 10.0 Å². The van der Waals surface area contributed by atoms with Crippen LogP contribution in [0.25, 0.3) is 0 Å². The maximum atomic E-state index is 13.8. The third-order valence-corrected chi connectivity index (χ3v) is 8.22. The number of carbonyl (C=O) groups excluding carboxylic acids is 2. The van der Waals surface area contributed by atoms with Gasteiger partial charge in [-0.3, -0.25) is 4.79 Å². The normalized spacial score (nSPS) is 12.4. The molecule has 1 unspecified atom stereocenters. The van der Waals surface area contributed by atoms with E-state index in [1.54, 1.807) is 25.5 Å². The van der Waals surface area contributed by atoms with Crippen molar-refractivity contribution in [3.63, 3.8) is 0 Å². The van der Waals surface area contributed by atoms with Gasteiger partial charge in [-0.1, -0.05) is 12.1 Å².